The lowest BCUT2D eigenvalue weighted by Crippen LogP contribution is -2.35. The number of nitrogens with one attached hydrogen (secondary N) is 1. The maximum absolute atomic E-state index is 12.2. The maximum atomic E-state index is 12.2. The lowest BCUT2D eigenvalue weighted by atomic mass is 10.2. The van der Waals surface area contributed by atoms with Crippen LogP contribution in [0.5, 0.6) is 0 Å². The van der Waals surface area contributed by atoms with Gasteiger partial charge in [0.25, 0.3) is 10.0 Å². The van der Waals surface area contributed by atoms with Crippen molar-refractivity contribution in [3.63, 3.8) is 0 Å². The van der Waals surface area contributed by atoms with Gasteiger partial charge in [-0.15, -0.1) is 10.2 Å². The zero-order valence-electron chi connectivity index (χ0n) is 11.2. The van der Waals surface area contributed by atoms with Crippen LogP contribution < -0.4 is 11.1 Å². The molecular formula is C9H15N5O3S3. The first-order valence-corrected chi connectivity index (χ1v) is 8.17. The smallest absolute Gasteiger partial charge is 0.272 e. The van der Waals surface area contributed by atoms with Gasteiger partial charge in [-0.2, -0.15) is 4.31 Å². The number of aromatic nitrogens is 2. The molecule has 1 heterocycles. The van der Waals surface area contributed by atoms with Crippen LogP contribution in [0, 0.1) is 5.92 Å². The molecule has 1 atom stereocenters. The van der Waals surface area contributed by atoms with Gasteiger partial charge in [0.1, 0.15) is 0 Å². The van der Waals surface area contributed by atoms with Gasteiger partial charge in [0.05, 0.1) is 4.99 Å². The van der Waals surface area contributed by atoms with Crippen molar-refractivity contribution in [2.75, 3.05) is 18.9 Å². The highest BCUT2D eigenvalue weighted by molar-refractivity contribution is 7.91. The van der Waals surface area contributed by atoms with Crippen LogP contribution in [-0.2, 0) is 14.8 Å². The molecule has 1 aromatic heterocycles. The van der Waals surface area contributed by atoms with Crippen molar-refractivity contribution in [2.24, 2.45) is 11.7 Å². The lowest BCUT2D eigenvalue weighted by Gasteiger charge is -2.18. The number of anilines is 1. The molecule has 8 nitrogen and oxygen atoms in total. The molecule has 3 N–H and O–H groups in total. The van der Waals surface area contributed by atoms with Gasteiger partial charge in [0.2, 0.25) is 15.4 Å². The fraction of sp³-hybridized carbons (Fsp3) is 0.556. The van der Waals surface area contributed by atoms with Crippen LogP contribution in [0.3, 0.4) is 0 Å². The molecule has 112 valence electrons. The summed E-state index contributed by atoms with van der Waals surface area (Å²) in [6, 6.07) is 0. The lowest BCUT2D eigenvalue weighted by molar-refractivity contribution is -0.114. The van der Waals surface area contributed by atoms with Crippen LogP contribution in [0.4, 0.5) is 5.13 Å². The zero-order chi connectivity index (χ0) is 15.5. The summed E-state index contributed by atoms with van der Waals surface area (Å²) in [6.07, 6.45) is 0. The molecule has 0 aliphatic rings. The molecule has 20 heavy (non-hydrogen) atoms. The van der Waals surface area contributed by atoms with E-state index in [1.807, 2.05) is 0 Å². The van der Waals surface area contributed by atoms with Crippen molar-refractivity contribution >= 4 is 49.6 Å². The Hall–Kier alpha value is -1.17. The SMILES string of the molecule is CC(=O)Nc1nnc(S(=O)(=O)N(C)CC(C)C(N)=S)s1. The molecule has 11 heteroatoms. The molecule has 0 spiro atoms. The first kappa shape index (κ1) is 16.9. The van der Waals surface area contributed by atoms with Gasteiger partial charge in [-0.05, 0) is 0 Å². The maximum Gasteiger partial charge on any atom is 0.272 e. The molecule has 0 saturated carbocycles. The van der Waals surface area contributed by atoms with Crippen molar-refractivity contribution in [1.82, 2.24) is 14.5 Å². The van der Waals surface area contributed by atoms with Crippen LogP contribution in [0.1, 0.15) is 13.8 Å². The molecule has 0 radical (unpaired) electrons. The summed E-state index contributed by atoms with van der Waals surface area (Å²) in [5.41, 5.74) is 5.46. The van der Waals surface area contributed by atoms with Crippen molar-refractivity contribution in [3.8, 4) is 0 Å². The number of hydrogen-bond acceptors (Lipinski definition) is 7. The average Bonchev–Trinajstić information content (AvgIpc) is 2.76. The Morgan fingerprint density at radius 2 is 2.15 bits per heavy atom. The highest BCUT2D eigenvalue weighted by Crippen LogP contribution is 2.23. The Morgan fingerprint density at radius 1 is 1.55 bits per heavy atom. The van der Waals surface area contributed by atoms with Gasteiger partial charge in [0.15, 0.2) is 0 Å². The monoisotopic (exact) mass is 337 g/mol. The number of nitrogens with zero attached hydrogens (tertiary/aromatic N) is 3. The second-order valence-electron chi connectivity index (χ2n) is 4.14. The van der Waals surface area contributed by atoms with E-state index in [0.717, 1.165) is 15.6 Å². The van der Waals surface area contributed by atoms with E-state index >= 15 is 0 Å². The number of hydrogen-bond donors (Lipinski definition) is 2. The van der Waals surface area contributed by atoms with E-state index < -0.39 is 10.0 Å². The molecule has 0 bridgehead atoms. The molecule has 1 amide bonds. The minimum absolute atomic E-state index is 0.131. The molecule has 0 aliphatic heterocycles. The van der Waals surface area contributed by atoms with Gasteiger partial charge in [-0.25, -0.2) is 8.42 Å². The van der Waals surface area contributed by atoms with E-state index in [1.165, 1.54) is 14.0 Å². The van der Waals surface area contributed by atoms with Gasteiger partial charge in [-0.3, -0.25) is 4.79 Å². The molecule has 1 aromatic rings. The summed E-state index contributed by atoms with van der Waals surface area (Å²) >= 11 is 5.60. The van der Waals surface area contributed by atoms with E-state index in [4.69, 9.17) is 18.0 Å². The van der Waals surface area contributed by atoms with Gasteiger partial charge < -0.3 is 11.1 Å². The molecular weight excluding hydrogens is 322 g/mol. The Labute approximate surface area is 126 Å². The fourth-order valence-electron chi connectivity index (χ4n) is 1.22. The third kappa shape index (κ3) is 4.16. The Morgan fingerprint density at radius 3 is 2.65 bits per heavy atom. The topological polar surface area (TPSA) is 118 Å². The Kier molecular flexibility index (Phi) is 5.50. The first-order valence-electron chi connectivity index (χ1n) is 5.51. The van der Waals surface area contributed by atoms with Crippen molar-refractivity contribution < 1.29 is 13.2 Å². The number of sulfonamides is 1. The third-order valence-electron chi connectivity index (χ3n) is 2.34. The molecule has 0 aliphatic carbocycles. The van der Waals surface area contributed by atoms with Gasteiger partial charge in [0, 0.05) is 26.4 Å². The van der Waals surface area contributed by atoms with Crippen molar-refractivity contribution in [1.29, 1.82) is 0 Å². The van der Waals surface area contributed by atoms with Crippen LogP contribution in [0.25, 0.3) is 0 Å². The van der Waals surface area contributed by atoms with Gasteiger partial charge >= 0.3 is 0 Å². The van der Waals surface area contributed by atoms with E-state index in [2.05, 4.69) is 15.5 Å². The van der Waals surface area contributed by atoms with E-state index in [1.54, 1.807) is 6.92 Å². The normalized spacial score (nSPS) is 13.2. The number of amides is 1. The largest absolute Gasteiger partial charge is 0.393 e. The highest BCUT2D eigenvalue weighted by atomic mass is 32.2. The summed E-state index contributed by atoms with van der Waals surface area (Å²) in [5, 5.41) is 9.68. The minimum Gasteiger partial charge on any atom is -0.393 e. The van der Waals surface area contributed by atoms with E-state index in [-0.39, 0.29) is 32.8 Å². The Bertz CT molecular complexity index is 612. The Balaban J connectivity index is 2.90. The average molecular weight is 337 g/mol. The quantitative estimate of drug-likeness (QED) is 0.555. The van der Waals surface area contributed by atoms with Crippen LogP contribution >= 0.6 is 23.6 Å². The summed E-state index contributed by atoms with van der Waals surface area (Å²) in [7, 11) is -2.36. The standard InChI is InChI=1S/C9H15N5O3S3/c1-5(7(10)18)4-14(3)20(16,17)9-13-12-8(19-9)11-6(2)15/h5H,4H2,1-3H3,(H2,10,18)(H,11,12,15). The van der Waals surface area contributed by atoms with Gasteiger partial charge in [-0.1, -0.05) is 30.5 Å². The summed E-state index contributed by atoms with van der Waals surface area (Å²) < 4.78 is 25.4. The second-order valence-corrected chi connectivity index (χ2v) is 7.81. The minimum atomic E-state index is -3.77. The number of rotatable bonds is 6. The first-order chi connectivity index (χ1) is 9.14. The second kappa shape index (κ2) is 6.52. The van der Waals surface area contributed by atoms with Crippen molar-refractivity contribution in [3.05, 3.63) is 0 Å². The number of thiocarbonyl (C=S) groups is 1. The zero-order valence-corrected chi connectivity index (χ0v) is 13.6. The predicted molar refractivity (Wildman–Crippen MR) is 80.0 cm³/mol. The van der Waals surface area contributed by atoms with Crippen LogP contribution in [-0.4, -0.2) is 47.4 Å². The van der Waals surface area contributed by atoms with Crippen LogP contribution in [0.15, 0.2) is 4.34 Å². The number of nitrogens with two attached hydrogens (primary N) is 1. The fourth-order valence-corrected chi connectivity index (χ4v) is 3.69. The molecule has 0 saturated heterocycles. The summed E-state index contributed by atoms with van der Waals surface area (Å²) in [5.74, 6) is -0.604. The number of carbonyl (C=O) groups is 1. The molecule has 1 rings (SSSR count). The number of carbonyl (C=O) groups excluding carboxylic acids is 1. The van der Waals surface area contributed by atoms with E-state index in [9.17, 15) is 13.2 Å². The molecule has 0 fully saturated rings. The van der Waals surface area contributed by atoms with E-state index in [0.29, 0.717) is 0 Å². The predicted octanol–water partition coefficient (Wildman–Crippen LogP) is 0.0392. The van der Waals surface area contributed by atoms with Crippen LogP contribution in [0.2, 0.25) is 0 Å². The molecule has 0 aromatic carbocycles. The summed E-state index contributed by atoms with van der Waals surface area (Å²) in [6.45, 7) is 3.18. The molecule has 1 unspecified atom stereocenters. The highest BCUT2D eigenvalue weighted by Gasteiger charge is 2.27. The third-order valence-corrected chi connectivity index (χ3v) is 5.75. The van der Waals surface area contributed by atoms with Crippen molar-refractivity contribution in [2.45, 2.75) is 18.2 Å². The summed E-state index contributed by atoms with van der Waals surface area (Å²) in [4.78, 5) is 11.1.